The normalized spacial score (nSPS) is 28.6. The Labute approximate surface area is 105 Å². The summed E-state index contributed by atoms with van der Waals surface area (Å²) >= 11 is 0. The van der Waals surface area contributed by atoms with E-state index >= 15 is 0 Å². The fraction of sp³-hybridized carbons (Fsp3) is 1.00. The molecule has 1 fully saturated rings. The molecule has 2 unspecified atom stereocenters. The van der Waals surface area contributed by atoms with Gasteiger partial charge in [-0.1, -0.05) is 0 Å². The standard InChI is InChI=1S/C13H28N2O2/c1-12(2)7-11(13(3,4)17-12)14-8-10(16)9-15(5)6/h10-11,14,16H,7-9H2,1-6H3. The monoisotopic (exact) mass is 244 g/mol. The number of likely N-dealkylation sites (N-methyl/N-ethyl adjacent to an activating group) is 1. The van der Waals surface area contributed by atoms with E-state index in [4.69, 9.17) is 4.74 Å². The van der Waals surface area contributed by atoms with Crippen LogP contribution in [0.2, 0.25) is 0 Å². The lowest BCUT2D eigenvalue weighted by atomic mass is 9.94. The first-order valence-corrected chi connectivity index (χ1v) is 6.39. The molecule has 2 atom stereocenters. The molecule has 1 heterocycles. The molecule has 17 heavy (non-hydrogen) atoms. The Balaban J connectivity index is 2.42. The number of hydrogen-bond acceptors (Lipinski definition) is 4. The first-order chi connectivity index (χ1) is 7.62. The van der Waals surface area contributed by atoms with Crippen molar-refractivity contribution >= 4 is 0 Å². The number of aliphatic hydroxyl groups excluding tert-OH is 1. The van der Waals surface area contributed by atoms with Crippen molar-refractivity contribution in [1.29, 1.82) is 0 Å². The predicted molar refractivity (Wildman–Crippen MR) is 70.2 cm³/mol. The Kier molecular flexibility index (Phi) is 4.58. The van der Waals surface area contributed by atoms with E-state index in [2.05, 4.69) is 33.0 Å². The zero-order valence-electron chi connectivity index (χ0n) is 12.1. The quantitative estimate of drug-likeness (QED) is 0.752. The van der Waals surface area contributed by atoms with Crippen LogP contribution < -0.4 is 5.32 Å². The molecular weight excluding hydrogens is 216 g/mol. The molecule has 4 heteroatoms. The van der Waals surface area contributed by atoms with Crippen LogP contribution >= 0.6 is 0 Å². The lowest BCUT2D eigenvalue weighted by molar-refractivity contribution is -0.0702. The fourth-order valence-corrected chi connectivity index (χ4v) is 2.64. The van der Waals surface area contributed by atoms with E-state index in [-0.39, 0.29) is 17.3 Å². The maximum Gasteiger partial charge on any atom is 0.0791 e. The zero-order chi connectivity index (χ0) is 13.3. The third-order valence-corrected chi connectivity index (χ3v) is 3.25. The molecule has 0 amide bonds. The first-order valence-electron chi connectivity index (χ1n) is 6.39. The third kappa shape index (κ3) is 4.54. The molecule has 0 aromatic heterocycles. The van der Waals surface area contributed by atoms with Crippen LogP contribution in [0.25, 0.3) is 0 Å². The van der Waals surface area contributed by atoms with Crippen molar-refractivity contribution in [3.05, 3.63) is 0 Å². The lowest BCUT2D eigenvalue weighted by Crippen LogP contribution is -2.47. The fourth-order valence-electron chi connectivity index (χ4n) is 2.64. The molecule has 0 bridgehead atoms. The van der Waals surface area contributed by atoms with Gasteiger partial charge in [-0.25, -0.2) is 0 Å². The second-order valence-corrected chi connectivity index (χ2v) is 6.55. The van der Waals surface area contributed by atoms with E-state index in [0.717, 1.165) is 6.42 Å². The Morgan fingerprint density at radius 3 is 2.35 bits per heavy atom. The molecule has 1 aliphatic heterocycles. The number of nitrogens with zero attached hydrogens (tertiary/aromatic N) is 1. The van der Waals surface area contributed by atoms with Crippen molar-refractivity contribution in [2.45, 2.75) is 57.5 Å². The average molecular weight is 244 g/mol. The van der Waals surface area contributed by atoms with Crippen molar-refractivity contribution in [2.24, 2.45) is 0 Å². The van der Waals surface area contributed by atoms with E-state index in [0.29, 0.717) is 19.1 Å². The summed E-state index contributed by atoms with van der Waals surface area (Å²) in [5, 5.41) is 13.3. The zero-order valence-corrected chi connectivity index (χ0v) is 12.1. The van der Waals surface area contributed by atoms with Crippen molar-refractivity contribution in [2.75, 3.05) is 27.2 Å². The lowest BCUT2D eigenvalue weighted by Gasteiger charge is -2.28. The predicted octanol–water partition coefficient (Wildman–Crippen LogP) is 0.845. The van der Waals surface area contributed by atoms with Gasteiger partial charge in [-0.05, 0) is 48.2 Å². The number of hydrogen-bond donors (Lipinski definition) is 2. The highest BCUT2D eigenvalue weighted by molar-refractivity contribution is 4.99. The van der Waals surface area contributed by atoms with Crippen LogP contribution in [0.1, 0.15) is 34.1 Å². The van der Waals surface area contributed by atoms with E-state index in [1.807, 2.05) is 19.0 Å². The van der Waals surface area contributed by atoms with Gasteiger partial charge in [0.05, 0.1) is 17.3 Å². The average Bonchev–Trinajstić information content (AvgIpc) is 2.29. The van der Waals surface area contributed by atoms with E-state index in [9.17, 15) is 5.11 Å². The Hall–Kier alpha value is -0.160. The SMILES string of the molecule is CN(C)CC(O)CNC1CC(C)(C)OC1(C)C. The molecular formula is C13H28N2O2. The minimum absolute atomic E-state index is 0.0757. The minimum Gasteiger partial charge on any atom is -0.390 e. The molecule has 0 spiro atoms. The van der Waals surface area contributed by atoms with Crippen molar-refractivity contribution in [3.63, 3.8) is 0 Å². The smallest absolute Gasteiger partial charge is 0.0791 e. The van der Waals surface area contributed by atoms with Crippen LogP contribution in [0.3, 0.4) is 0 Å². The van der Waals surface area contributed by atoms with Crippen molar-refractivity contribution in [3.8, 4) is 0 Å². The summed E-state index contributed by atoms with van der Waals surface area (Å²) < 4.78 is 6.01. The second-order valence-electron chi connectivity index (χ2n) is 6.55. The molecule has 1 saturated heterocycles. The summed E-state index contributed by atoms with van der Waals surface area (Å²) in [7, 11) is 3.93. The topological polar surface area (TPSA) is 44.7 Å². The van der Waals surface area contributed by atoms with Gasteiger partial charge in [0.25, 0.3) is 0 Å². The van der Waals surface area contributed by atoms with E-state index in [1.54, 1.807) is 0 Å². The highest BCUT2D eigenvalue weighted by atomic mass is 16.5. The van der Waals surface area contributed by atoms with Gasteiger partial charge >= 0.3 is 0 Å². The number of ether oxygens (including phenoxy) is 1. The van der Waals surface area contributed by atoms with Gasteiger partial charge in [0.15, 0.2) is 0 Å². The van der Waals surface area contributed by atoms with Crippen molar-refractivity contribution < 1.29 is 9.84 Å². The molecule has 0 radical (unpaired) electrons. The third-order valence-electron chi connectivity index (χ3n) is 3.25. The van der Waals surface area contributed by atoms with Gasteiger partial charge < -0.3 is 20.1 Å². The summed E-state index contributed by atoms with van der Waals surface area (Å²) in [5.41, 5.74) is -0.241. The van der Waals surface area contributed by atoms with Crippen LogP contribution in [0.5, 0.6) is 0 Å². The highest BCUT2D eigenvalue weighted by Crippen LogP contribution is 2.37. The van der Waals surface area contributed by atoms with Crippen LogP contribution in [0.4, 0.5) is 0 Å². The molecule has 0 saturated carbocycles. The summed E-state index contributed by atoms with van der Waals surface area (Å²) in [6, 6.07) is 0.300. The Morgan fingerprint density at radius 1 is 1.35 bits per heavy atom. The Morgan fingerprint density at radius 2 is 1.94 bits per heavy atom. The molecule has 0 aromatic carbocycles. The van der Waals surface area contributed by atoms with Crippen LogP contribution in [-0.4, -0.2) is 60.5 Å². The van der Waals surface area contributed by atoms with E-state index < -0.39 is 0 Å². The first kappa shape index (κ1) is 14.9. The summed E-state index contributed by atoms with van der Waals surface area (Å²) in [6.45, 7) is 9.75. The largest absolute Gasteiger partial charge is 0.390 e. The Bertz CT molecular complexity index is 252. The van der Waals surface area contributed by atoms with E-state index in [1.165, 1.54) is 0 Å². The maximum absolute atomic E-state index is 9.84. The summed E-state index contributed by atoms with van der Waals surface area (Å²) in [4.78, 5) is 1.99. The van der Waals surface area contributed by atoms with Crippen LogP contribution in [0, 0.1) is 0 Å². The molecule has 1 aliphatic rings. The van der Waals surface area contributed by atoms with Gasteiger partial charge in [0.1, 0.15) is 0 Å². The molecule has 4 nitrogen and oxygen atoms in total. The van der Waals surface area contributed by atoms with Crippen molar-refractivity contribution in [1.82, 2.24) is 10.2 Å². The van der Waals surface area contributed by atoms with Gasteiger partial charge in [-0.2, -0.15) is 0 Å². The molecule has 102 valence electrons. The molecule has 1 rings (SSSR count). The highest BCUT2D eigenvalue weighted by Gasteiger charge is 2.45. The van der Waals surface area contributed by atoms with Crippen LogP contribution in [0.15, 0.2) is 0 Å². The maximum atomic E-state index is 9.84. The molecule has 2 N–H and O–H groups in total. The summed E-state index contributed by atoms with van der Waals surface area (Å²) in [6.07, 6.45) is 0.652. The number of nitrogens with one attached hydrogen (secondary N) is 1. The molecule has 0 aromatic rings. The molecule has 0 aliphatic carbocycles. The summed E-state index contributed by atoms with van der Waals surface area (Å²) in [5.74, 6) is 0. The number of aliphatic hydroxyl groups is 1. The van der Waals surface area contributed by atoms with Gasteiger partial charge in [-0.15, -0.1) is 0 Å². The minimum atomic E-state index is -0.329. The second kappa shape index (κ2) is 5.22. The van der Waals surface area contributed by atoms with Crippen LogP contribution in [-0.2, 0) is 4.74 Å². The van der Waals surface area contributed by atoms with Gasteiger partial charge in [0, 0.05) is 19.1 Å². The number of rotatable bonds is 5. The van der Waals surface area contributed by atoms with Gasteiger partial charge in [0.2, 0.25) is 0 Å². The van der Waals surface area contributed by atoms with Gasteiger partial charge in [-0.3, -0.25) is 0 Å².